The molecule has 1 N–H and O–H groups in total. The molecule has 0 unspecified atom stereocenters. The lowest BCUT2D eigenvalue weighted by atomic mass is 9.91. The van der Waals surface area contributed by atoms with E-state index in [-0.39, 0.29) is 17.4 Å². The molecule has 1 amide bonds. The average molecular weight is 536 g/mol. The SMILES string of the molecule is C[C@H](C(=N)C(=O)N1CCN(c2ccnc3c2C=C(c2ccc(C#N)cc2)CCC3)CC1(C)C)c1cccc(F)c1. The molecule has 1 aromatic heterocycles. The molecule has 1 aliphatic carbocycles. The van der Waals surface area contributed by atoms with E-state index in [2.05, 4.69) is 23.1 Å². The lowest BCUT2D eigenvalue weighted by Gasteiger charge is -2.48. The molecule has 0 radical (unpaired) electrons. The summed E-state index contributed by atoms with van der Waals surface area (Å²) in [5, 5.41) is 17.8. The number of piperazine rings is 1. The number of allylic oxidation sites excluding steroid dienone is 1. The first-order valence-electron chi connectivity index (χ1n) is 13.8. The van der Waals surface area contributed by atoms with Gasteiger partial charge in [-0.15, -0.1) is 0 Å². The smallest absolute Gasteiger partial charge is 0.268 e. The quantitative estimate of drug-likeness (QED) is 0.393. The predicted octanol–water partition coefficient (Wildman–Crippen LogP) is 6.22. The van der Waals surface area contributed by atoms with E-state index in [1.165, 1.54) is 17.7 Å². The fourth-order valence-corrected chi connectivity index (χ4v) is 5.83. The molecule has 1 aliphatic heterocycles. The van der Waals surface area contributed by atoms with E-state index in [9.17, 15) is 14.4 Å². The third-order valence-corrected chi connectivity index (χ3v) is 8.11. The number of aromatic nitrogens is 1. The minimum atomic E-state index is -0.524. The zero-order chi connectivity index (χ0) is 28.4. The summed E-state index contributed by atoms with van der Waals surface area (Å²) in [7, 11) is 0. The van der Waals surface area contributed by atoms with Crippen LogP contribution in [0.2, 0.25) is 0 Å². The van der Waals surface area contributed by atoms with Crippen molar-refractivity contribution in [2.75, 3.05) is 24.5 Å². The number of hydrogen-bond donors (Lipinski definition) is 1. The summed E-state index contributed by atoms with van der Waals surface area (Å²) in [5.74, 6) is -1.18. The van der Waals surface area contributed by atoms with E-state index in [1.807, 2.05) is 44.3 Å². The van der Waals surface area contributed by atoms with Crippen LogP contribution in [0.4, 0.5) is 10.1 Å². The highest BCUT2D eigenvalue weighted by Crippen LogP contribution is 2.36. The lowest BCUT2D eigenvalue weighted by Crippen LogP contribution is -2.62. The minimum absolute atomic E-state index is 0.0279. The van der Waals surface area contributed by atoms with Crippen LogP contribution >= 0.6 is 0 Å². The van der Waals surface area contributed by atoms with Crippen molar-refractivity contribution in [1.29, 1.82) is 10.7 Å². The van der Waals surface area contributed by atoms with Crippen LogP contribution in [0.25, 0.3) is 11.6 Å². The van der Waals surface area contributed by atoms with Crippen LogP contribution in [0, 0.1) is 22.6 Å². The summed E-state index contributed by atoms with van der Waals surface area (Å²) >= 11 is 0. The van der Waals surface area contributed by atoms with E-state index >= 15 is 0 Å². The van der Waals surface area contributed by atoms with Gasteiger partial charge in [0.15, 0.2) is 0 Å². The average Bonchev–Trinajstić information content (AvgIpc) is 3.18. The molecule has 3 aromatic rings. The van der Waals surface area contributed by atoms with Crippen molar-refractivity contribution in [3.8, 4) is 6.07 Å². The van der Waals surface area contributed by atoms with Crippen LogP contribution in [0.5, 0.6) is 0 Å². The van der Waals surface area contributed by atoms with Crippen molar-refractivity contribution in [1.82, 2.24) is 9.88 Å². The van der Waals surface area contributed by atoms with Crippen molar-refractivity contribution >= 4 is 29.0 Å². The molecule has 204 valence electrons. The number of hydrogen-bond acceptors (Lipinski definition) is 5. The molecule has 40 heavy (non-hydrogen) atoms. The highest BCUT2D eigenvalue weighted by Gasteiger charge is 2.39. The fraction of sp³-hybridized carbons (Fsp3) is 0.333. The highest BCUT2D eigenvalue weighted by atomic mass is 19.1. The summed E-state index contributed by atoms with van der Waals surface area (Å²) in [6.07, 6.45) is 6.93. The number of pyridine rings is 1. The van der Waals surface area contributed by atoms with Crippen LogP contribution < -0.4 is 4.90 Å². The number of aryl methyl sites for hydroxylation is 1. The highest BCUT2D eigenvalue weighted by molar-refractivity contribution is 6.39. The molecule has 0 bridgehead atoms. The van der Waals surface area contributed by atoms with Gasteiger partial charge in [-0.25, -0.2) is 4.39 Å². The Bertz CT molecular complexity index is 1520. The Morgan fingerprint density at radius 1 is 1.12 bits per heavy atom. The lowest BCUT2D eigenvalue weighted by molar-refractivity contribution is -0.129. The standard InChI is InChI=1S/C33H34FN5O/c1-22(25-6-4-8-27(34)18-25)31(36)32(40)39-17-16-38(21-33(39,2)3)30-14-15-37-29-9-5-7-26(19-28(29)30)24-12-10-23(20-35)11-13-24/h4,6,8,10-15,18-19,22,36H,5,7,9,16-17,21H2,1-3H3/t22-/m0/s1. The first-order valence-corrected chi connectivity index (χ1v) is 13.8. The molecule has 0 spiro atoms. The van der Waals surface area contributed by atoms with E-state index in [0.29, 0.717) is 30.8 Å². The van der Waals surface area contributed by atoms with Gasteiger partial charge in [-0.3, -0.25) is 15.2 Å². The number of amides is 1. The van der Waals surface area contributed by atoms with Gasteiger partial charge in [-0.2, -0.15) is 5.26 Å². The molecule has 1 saturated heterocycles. The maximum Gasteiger partial charge on any atom is 0.268 e. The Hall–Kier alpha value is -4.31. The molecular weight excluding hydrogens is 501 g/mol. The van der Waals surface area contributed by atoms with Gasteiger partial charge in [0.1, 0.15) is 11.5 Å². The number of nitrogens with zero attached hydrogens (tertiary/aromatic N) is 4. The van der Waals surface area contributed by atoms with Gasteiger partial charge < -0.3 is 9.80 Å². The van der Waals surface area contributed by atoms with Crippen molar-refractivity contribution in [3.63, 3.8) is 0 Å². The topological polar surface area (TPSA) is 84.1 Å². The van der Waals surface area contributed by atoms with Gasteiger partial charge in [-0.05, 0) is 86.2 Å². The maximum atomic E-state index is 13.8. The molecule has 7 heteroatoms. The summed E-state index contributed by atoms with van der Waals surface area (Å²) in [5.41, 5.74) is 6.34. The summed E-state index contributed by atoms with van der Waals surface area (Å²) in [6, 6.07) is 18.1. The maximum absolute atomic E-state index is 13.8. The van der Waals surface area contributed by atoms with Crippen LogP contribution in [0.3, 0.4) is 0 Å². The number of carbonyl (C=O) groups is 1. The zero-order valence-electron chi connectivity index (χ0n) is 23.2. The first kappa shape index (κ1) is 27.3. The van der Waals surface area contributed by atoms with Crippen molar-refractivity contribution < 1.29 is 9.18 Å². The Morgan fingerprint density at radius 3 is 2.60 bits per heavy atom. The summed E-state index contributed by atoms with van der Waals surface area (Å²) < 4.78 is 13.8. The van der Waals surface area contributed by atoms with Gasteiger partial charge in [0.2, 0.25) is 0 Å². The number of carbonyl (C=O) groups excluding carboxylic acids is 1. The third-order valence-electron chi connectivity index (χ3n) is 8.11. The van der Waals surface area contributed by atoms with Gasteiger partial charge in [-0.1, -0.05) is 31.2 Å². The Kier molecular flexibility index (Phi) is 7.53. The van der Waals surface area contributed by atoms with Gasteiger partial charge in [0.05, 0.1) is 17.2 Å². The molecule has 5 rings (SSSR count). The summed E-state index contributed by atoms with van der Waals surface area (Å²) in [4.78, 5) is 22.4. The van der Waals surface area contributed by atoms with Crippen LogP contribution in [0.1, 0.15) is 67.5 Å². The number of halogens is 1. The molecular formula is C33H34FN5O. The Morgan fingerprint density at radius 2 is 1.90 bits per heavy atom. The number of nitriles is 1. The zero-order valence-corrected chi connectivity index (χ0v) is 23.2. The second-order valence-corrected chi connectivity index (χ2v) is 11.3. The van der Waals surface area contributed by atoms with Crippen LogP contribution in [0.15, 0.2) is 60.8 Å². The molecule has 2 heterocycles. The molecule has 1 atom stereocenters. The van der Waals surface area contributed by atoms with E-state index < -0.39 is 11.5 Å². The number of benzene rings is 2. The number of anilines is 1. The molecule has 0 saturated carbocycles. The van der Waals surface area contributed by atoms with E-state index in [4.69, 9.17) is 10.4 Å². The predicted molar refractivity (Wildman–Crippen MR) is 157 cm³/mol. The second kappa shape index (κ2) is 11.1. The van der Waals surface area contributed by atoms with Crippen LogP contribution in [-0.4, -0.2) is 46.7 Å². The number of rotatable bonds is 5. The third kappa shape index (κ3) is 5.40. The molecule has 2 aliphatic rings. The second-order valence-electron chi connectivity index (χ2n) is 11.3. The van der Waals surface area contributed by atoms with Gasteiger partial charge in [0, 0.05) is 48.7 Å². The van der Waals surface area contributed by atoms with Crippen LogP contribution in [-0.2, 0) is 11.2 Å². The van der Waals surface area contributed by atoms with E-state index in [1.54, 1.807) is 24.0 Å². The monoisotopic (exact) mass is 535 g/mol. The number of fused-ring (bicyclic) bond motifs is 1. The van der Waals surface area contributed by atoms with Crippen molar-refractivity contribution in [3.05, 3.63) is 94.6 Å². The minimum Gasteiger partial charge on any atom is -0.367 e. The molecule has 2 aromatic carbocycles. The fourth-order valence-electron chi connectivity index (χ4n) is 5.83. The Labute approximate surface area is 235 Å². The van der Waals surface area contributed by atoms with Crippen molar-refractivity contribution in [2.24, 2.45) is 0 Å². The van der Waals surface area contributed by atoms with Gasteiger partial charge >= 0.3 is 0 Å². The molecule has 6 nitrogen and oxygen atoms in total. The van der Waals surface area contributed by atoms with Gasteiger partial charge in [0.25, 0.3) is 5.91 Å². The van der Waals surface area contributed by atoms with E-state index in [0.717, 1.165) is 41.8 Å². The largest absolute Gasteiger partial charge is 0.367 e. The number of nitrogens with one attached hydrogen (secondary N) is 1. The Balaban J connectivity index is 1.39. The summed E-state index contributed by atoms with van der Waals surface area (Å²) in [6.45, 7) is 7.57. The normalized spacial score (nSPS) is 17.2. The molecule has 1 fully saturated rings. The van der Waals surface area contributed by atoms with Crippen molar-refractivity contribution in [2.45, 2.75) is 51.5 Å². The first-order chi connectivity index (χ1) is 19.2.